The van der Waals surface area contributed by atoms with Gasteiger partial charge in [-0.05, 0) is 105 Å². The number of hydrogen-bond donors (Lipinski definition) is 1. The Morgan fingerprint density at radius 2 is 1.60 bits per heavy atom. The van der Waals surface area contributed by atoms with Crippen LogP contribution < -0.4 is 20.7 Å². The Bertz CT molecular complexity index is 1810. The zero-order chi connectivity index (χ0) is 34.8. The molecule has 1 atom stereocenters. The van der Waals surface area contributed by atoms with E-state index in [9.17, 15) is 9.59 Å². The number of ether oxygens (including phenoxy) is 1. The minimum Gasteiger partial charge on any atom is -0.480 e. The molecule has 1 N–H and O–H groups in total. The summed E-state index contributed by atoms with van der Waals surface area (Å²) in [6.07, 6.45) is 1.32. The van der Waals surface area contributed by atoms with Crippen LogP contribution in [0.5, 0.6) is 5.75 Å². The van der Waals surface area contributed by atoms with Crippen molar-refractivity contribution in [3.63, 3.8) is 0 Å². The topological polar surface area (TPSA) is 76.7 Å². The van der Waals surface area contributed by atoms with Crippen molar-refractivity contribution in [3.05, 3.63) is 80.3 Å². The summed E-state index contributed by atoms with van der Waals surface area (Å²) in [4.78, 5) is 29.8. The van der Waals surface area contributed by atoms with Crippen molar-refractivity contribution in [1.29, 1.82) is 0 Å². The molecule has 1 heterocycles. The van der Waals surface area contributed by atoms with Crippen molar-refractivity contribution in [3.8, 4) is 5.75 Å². The highest BCUT2D eigenvalue weighted by Gasteiger charge is 2.31. The van der Waals surface area contributed by atoms with Crippen molar-refractivity contribution in [2.24, 2.45) is 0 Å². The predicted molar refractivity (Wildman–Crippen MR) is 197 cm³/mol. The van der Waals surface area contributed by atoms with Gasteiger partial charge in [-0.25, -0.2) is 9.36 Å². The van der Waals surface area contributed by atoms with Gasteiger partial charge in [-0.1, -0.05) is 72.2 Å². The quantitative estimate of drug-likeness (QED) is 0.154. The molecule has 0 amide bonds. The Labute approximate surface area is 285 Å². The van der Waals surface area contributed by atoms with E-state index >= 15 is 0 Å². The second-order valence-corrected chi connectivity index (χ2v) is 14.1. The Kier molecular flexibility index (Phi) is 10.9. The molecule has 0 saturated carbocycles. The van der Waals surface area contributed by atoms with Crippen LogP contribution in [0.3, 0.4) is 0 Å². The number of rotatable bonds is 13. The van der Waals surface area contributed by atoms with Crippen molar-refractivity contribution in [1.82, 2.24) is 4.57 Å². The first-order valence-electron chi connectivity index (χ1n) is 17.0. The van der Waals surface area contributed by atoms with E-state index in [1.165, 1.54) is 5.56 Å². The SMILES string of the molecule is CCC(Oc1ccc(C(C)(C)CC)cc1C(C)(C)CC)C(=O)n1c(=O)oc2c(Cl)c(C)c(Nc3ccc(N(CC)CC)cc3C)cc21. The number of carbonyl (C=O) groups is 1. The third-order valence-corrected chi connectivity index (χ3v) is 10.5. The average molecular weight is 662 g/mol. The van der Waals surface area contributed by atoms with Gasteiger partial charge in [-0.2, -0.15) is 0 Å². The molecule has 0 saturated heterocycles. The summed E-state index contributed by atoms with van der Waals surface area (Å²) in [5, 5.41) is 3.76. The summed E-state index contributed by atoms with van der Waals surface area (Å²) in [5.41, 5.74) is 7.05. The summed E-state index contributed by atoms with van der Waals surface area (Å²) in [7, 11) is 0. The lowest BCUT2D eigenvalue weighted by Crippen LogP contribution is -2.36. The van der Waals surface area contributed by atoms with Crippen LogP contribution in [0.1, 0.15) is 109 Å². The number of oxazole rings is 1. The zero-order valence-corrected chi connectivity index (χ0v) is 30.8. The van der Waals surface area contributed by atoms with Crippen LogP contribution in [-0.2, 0) is 10.8 Å². The summed E-state index contributed by atoms with van der Waals surface area (Å²) in [5.74, 6) is -0.645. The Balaban J connectivity index is 1.75. The van der Waals surface area contributed by atoms with E-state index in [0.717, 1.165) is 53.0 Å². The second-order valence-electron chi connectivity index (χ2n) is 13.8. The van der Waals surface area contributed by atoms with Gasteiger partial charge in [-0.3, -0.25) is 4.79 Å². The molecule has 254 valence electrons. The summed E-state index contributed by atoms with van der Waals surface area (Å²) in [6, 6.07) is 14.3. The minimum atomic E-state index is -0.920. The monoisotopic (exact) mass is 661 g/mol. The van der Waals surface area contributed by atoms with Crippen LogP contribution in [0, 0.1) is 13.8 Å². The van der Waals surface area contributed by atoms with Gasteiger partial charge < -0.3 is 19.4 Å². The van der Waals surface area contributed by atoms with Crippen molar-refractivity contribution in [2.75, 3.05) is 23.3 Å². The largest absolute Gasteiger partial charge is 0.480 e. The third-order valence-electron chi connectivity index (χ3n) is 10.1. The van der Waals surface area contributed by atoms with Crippen LogP contribution in [0.4, 0.5) is 17.1 Å². The number of carbonyl (C=O) groups excluding carboxylic acids is 1. The molecule has 3 aromatic carbocycles. The molecule has 0 radical (unpaired) electrons. The lowest BCUT2D eigenvalue weighted by atomic mass is 9.76. The van der Waals surface area contributed by atoms with E-state index < -0.39 is 17.8 Å². The van der Waals surface area contributed by atoms with Gasteiger partial charge in [0.25, 0.3) is 5.91 Å². The molecular formula is C39H52ClN3O4. The highest BCUT2D eigenvalue weighted by Crippen LogP contribution is 2.40. The normalized spacial score (nSPS) is 12.8. The van der Waals surface area contributed by atoms with E-state index in [4.69, 9.17) is 20.8 Å². The highest BCUT2D eigenvalue weighted by molar-refractivity contribution is 6.36. The van der Waals surface area contributed by atoms with Crippen LogP contribution in [0.15, 0.2) is 51.7 Å². The third kappa shape index (κ3) is 7.11. The van der Waals surface area contributed by atoms with Crippen molar-refractivity contribution >= 4 is 45.7 Å². The van der Waals surface area contributed by atoms with Gasteiger partial charge in [0.15, 0.2) is 11.7 Å². The number of anilines is 3. The number of benzene rings is 3. The van der Waals surface area contributed by atoms with Crippen LogP contribution in [0.25, 0.3) is 11.1 Å². The molecule has 0 spiro atoms. The molecule has 7 nitrogen and oxygen atoms in total. The average Bonchev–Trinajstić information content (AvgIpc) is 3.39. The Morgan fingerprint density at radius 3 is 2.17 bits per heavy atom. The van der Waals surface area contributed by atoms with Crippen molar-refractivity contribution < 1.29 is 13.9 Å². The maximum Gasteiger partial charge on any atom is 0.427 e. The number of hydrogen-bond acceptors (Lipinski definition) is 6. The van der Waals surface area contributed by atoms with Crippen molar-refractivity contribution in [2.45, 2.75) is 112 Å². The number of halogens is 1. The standard InChI is InChI=1S/C39H52ClN3O4/c1-12-32(46-33-20-17-26(38(8,9)13-2)22-28(33)39(10,11)14-3)36(44)43-31-23-30(25(7)34(40)35(31)47-37(43)45)41-29-19-18-27(21-24(29)6)42(15-4)16-5/h17-23,32,41H,12-16H2,1-11H3. The first-order valence-corrected chi connectivity index (χ1v) is 17.3. The molecule has 47 heavy (non-hydrogen) atoms. The van der Waals surface area contributed by atoms with Crippen LogP contribution in [0.2, 0.25) is 5.02 Å². The first kappa shape index (κ1) is 36.1. The molecule has 0 aliphatic carbocycles. The molecule has 8 heteroatoms. The first-order chi connectivity index (χ1) is 22.1. The molecular weight excluding hydrogens is 610 g/mol. The molecule has 4 rings (SSSR count). The van der Waals surface area contributed by atoms with E-state index in [0.29, 0.717) is 28.9 Å². The summed E-state index contributed by atoms with van der Waals surface area (Å²) >= 11 is 6.79. The number of aromatic nitrogens is 1. The number of fused-ring (bicyclic) bond motifs is 1. The van der Waals surface area contributed by atoms with Crippen LogP contribution in [-0.4, -0.2) is 29.7 Å². The van der Waals surface area contributed by atoms with Gasteiger partial charge in [-0.15, -0.1) is 0 Å². The summed E-state index contributed by atoms with van der Waals surface area (Å²) in [6.45, 7) is 25.1. The van der Waals surface area contributed by atoms with E-state index in [-0.39, 0.29) is 21.4 Å². The molecule has 1 unspecified atom stereocenters. The maximum absolute atomic E-state index is 14.2. The summed E-state index contributed by atoms with van der Waals surface area (Å²) < 4.78 is 13.2. The molecule has 1 aromatic heterocycles. The number of aryl methyl sites for hydroxylation is 1. The van der Waals surface area contributed by atoms with E-state index in [1.807, 2.05) is 26.0 Å². The van der Waals surface area contributed by atoms with Crippen LogP contribution >= 0.6 is 11.6 Å². The molecule has 4 aromatic rings. The molecule has 0 aliphatic rings. The number of nitrogens with zero attached hydrogens (tertiary/aromatic N) is 2. The fourth-order valence-corrected chi connectivity index (χ4v) is 6.08. The van der Waals surface area contributed by atoms with E-state index in [2.05, 4.69) is 96.8 Å². The van der Waals surface area contributed by atoms with Gasteiger partial charge in [0.1, 0.15) is 11.3 Å². The smallest absolute Gasteiger partial charge is 0.427 e. The predicted octanol–water partition coefficient (Wildman–Crippen LogP) is 10.3. The zero-order valence-electron chi connectivity index (χ0n) is 30.1. The Morgan fingerprint density at radius 1 is 0.936 bits per heavy atom. The minimum absolute atomic E-state index is 0.00478. The fraction of sp³-hybridized carbons (Fsp3) is 0.487. The Hall–Kier alpha value is -3.71. The fourth-order valence-electron chi connectivity index (χ4n) is 5.85. The van der Waals surface area contributed by atoms with E-state index in [1.54, 1.807) is 6.07 Å². The molecule has 0 fully saturated rings. The lowest BCUT2D eigenvalue weighted by molar-refractivity contribution is 0.0687. The number of nitrogens with one attached hydrogen (secondary N) is 1. The van der Waals surface area contributed by atoms with Gasteiger partial charge in [0, 0.05) is 35.7 Å². The lowest BCUT2D eigenvalue weighted by Gasteiger charge is -2.31. The highest BCUT2D eigenvalue weighted by atomic mass is 35.5. The second kappa shape index (κ2) is 14.2. The van der Waals surface area contributed by atoms with Gasteiger partial charge in [0.2, 0.25) is 0 Å². The maximum atomic E-state index is 14.2. The molecule has 0 aliphatic heterocycles. The van der Waals surface area contributed by atoms with Gasteiger partial charge >= 0.3 is 5.76 Å². The molecule has 0 bridgehead atoms. The van der Waals surface area contributed by atoms with Gasteiger partial charge in [0.05, 0.1) is 5.02 Å².